The largest absolute Gasteiger partial charge is 0.324 e. The van der Waals surface area contributed by atoms with Crippen molar-refractivity contribution < 1.29 is 4.79 Å². The van der Waals surface area contributed by atoms with E-state index in [4.69, 9.17) is 0 Å². The molecule has 0 aliphatic heterocycles. The SMILES string of the molecule is O=Cc1nccn1Cc1cnn(-c2ccccc2)c1. The van der Waals surface area contributed by atoms with E-state index in [9.17, 15) is 4.79 Å². The second kappa shape index (κ2) is 4.89. The molecule has 0 fully saturated rings. The lowest BCUT2D eigenvalue weighted by atomic mass is 10.3. The van der Waals surface area contributed by atoms with Crippen LogP contribution in [0.1, 0.15) is 16.2 Å². The summed E-state index contributed by atoms with van der Waals surface area (Å²) >= 11 is 0. The lowest BCUT2D eigenvalue weighted by molar-refractivity contribution is 0.111. The van der Waals surface area contributed by atoms with Crippen molar-refractivity contribution in [2.45, 2.75) is 6.54 Å². The molecule has 2 heterocycles. The highest BCUT2D eigenvalue weighted by atomic mass is 16.1. The molecule has 0 aliphatic carbocycles. The monoisotopic (exact) mass is 252 g/mol. The molecule has 0 aliphatic rings. The van der Waals surface area contributed by atoms with Crippen LogP contribution in [0.25, 0.3) is 5.69 Å². The molecule has 0 N–H and O–H groups in total. The molecule has 2 aromatic heterocycles. The molecule has 19 heavy (non-hydrogen) atoms. The van der Waals surface area contributed by atoms with E-state index in [2.05, 4.69) is 10.1 Å². The number of hydrogen-bond donors (Lipinski definition) is 0. The van der Waals surface area contributed by atoms with Gasteiger partial charge in [0.1, 0.15) is 0 Å². The first kappa shape index (κ1) is 11.4. The van der Waals surface area contributed by atoms with Gasteiger partial charge in [-0.1, -0.05) is 18.2 Å². The second-order valence-electron chi connectivity index (χ2n) is 4.16. The molecule has 5 nitrogen and oxygen atoms in total. The predicted molar refractivity (Wildman–Crippen MR) is 70.3 cm³/mol. The Bertz CT molecular complexity index is 684. The van der Waals surface area contributed by atoms with E-state index < -0.39 is 0 Å². The van der Waals surface area contributed by atoms with Gasteiger partial charge in [0.15, 0.2) is 12.1 Å². The summed E-state index contributed by atoms with van der Waals surface area (Å²) in [7, 11) is 0. The minimum atomic E-state index is 0.424. The summed E-state index contributed by atoms with van der Waals surface area (Å²) in [5.74, 6) is 0.424. The van der Waals surface area contributed by atoms with Crippen LogP contribution in [-0.2, 0) is 6.54 Å². The van der Waals surface area contributed by atoms with Gasteiger partial charge in [-0.2, -0.15) is 5.10 Å². The first-order valence-electron chi connectivity index (χ1n) is 5.92. The van der Waals surface area contributed by atoms with Crippen LogP contribution >= 0.6 is 0 Å². The normalized spacial score (nSPS) is 10.5. The standard InChI is InChI=1S/C14H12N4O/c19-11-14-15-6-7-17(14)9-12-8-16-18(10-12)13-4-2-1-3-5-13/h1-8,10-11H,9H2. The van der Waals surface area contributed by atoms with Crippen molar-refractivity contribution in [1.82, 2.24) is 19.3 Å². The minimum absolute atomic E-state index is 0.424. The second-order valence-corrected chi connectivity index (χ2v) is 4.16. The summed E-state index contributed by atoms with van der Waals surface area (Å²) in [6.07, 6.45) is 7.89. The molecule has 0 atom stereocenters. The van der Waals surface area contributed by atoms with Gasteiger partial charge in [0.25, 0.3) is 0 Å². The van der Waals surface area contributed by atoms with Crippen LogP contribution in [0, 0.1) is 0 Å². The molecule has 0 spiro atoms. The van der Waals surface area contributed by atoms with E-state index in [1.54, 1.807) is 23.2 Å². The van der Waals surface area contributed by atoms with E-state index in [-0.39, 0.29) is 0 Å². The van der Waals surface area contributed by atoms with Gasteiger partial charge in [-0.3, -0.25) is 4.79 Å². The molecule has 0 unspecified atom stereocenters. The van der Waals surface area contributed by atoms with Gasteiger partial charge in [-0.05, 0) is 12.1 Å². The van der Waals surface area contributed by atoms with Crippen molar-refractivity contribution in [3.05, 3.63) is 66.5 Å². The molecule has 0 bridgehead atoms. The van der Waals surface area contributed by atoms with Crippen molar-refractivity contribution in [3.8, 4) is 5.69 Å². The van der Waals surface area contributed by atoms with Gasteiger partial charge in [0.2, 0.25) is 0 Å². The molecule has 3 rings (SSSR count). The fourth-order valence-corrected chi connectivity index (χ4v) is 1.93. The molecule has 0 radical (unpaired) electrons. The average molecular weight is 252 g/mol. The van der Waals surface area contributed by atoms with Crippen LogP contribution in [-0.4, -0.2) is 25.6 Å². The van der Waals surface area contributed by atoms with E-state index in [1.165, 1.54) is 0 Å². The number of nitrogens with zero attached hydrogens (tertiary/aromatic N) is 4. The van der Waals surface area contributed by atoms with Crippen LogP contribution in [0.3, 0.4) is 0 Å². The highest BCUT2D eigenvalue weighted by Gasteiger charge is 2.04. The summed E-state index contributed by atoms with van der Waals surface area (Å²) in [6.45, 7) is 0.584. The van der Waals surface area contributed by atoms with E-state index in [0.717, 1.165) is 17.5 Å². The van der Waals surface area contributed by atoms with Crippen LogP contribution in [0.15, 0.2) is 55.1 Å². The molecule has 5 heteroatoms. The van der Waals surface area contributed by atoms with Crippen LogP contribution < -0.4 is 0 Å². The van der Waals surface area contributed by atoms with E-state index in [1.807, 2.05) is 41.2 Å². The van der Waals surface area contributed by atoms with Gasteiger partial charge >= 0.3 is 0 Å². The van der Waals surface area contributed by atoms with Gasteiger partial charge in [0, 0.05) is 24.2 Å². The number of hydrogen-bond acceptors (Lipinski definition) is 3. The fourth-order valence-electron chi connectivity index (χ4n) is 1.93. The minimum Gasteiger partial charge on any atom is -0.324 e. The Labute approximate surface area is 110 Å². The van der Waals surface area contributed by atoms with E-state index >= 15 is 0 Å². The molecule has 3 aromatic rings. The summed E-state index contributed by atoms with van der Waals surface area (Å²) in [4.78, 5) is 14.8. The first-order chi connectivity index (χ1) is 9.36. The number of carbonyl (C=O) groups excluding carboxylic acids is 1. The lowest BCUT2D eigenvalue weighted by Gasteiger charge is -2.01. The molecule has 0 saturated carbocycles. The summed E-state index contributed by atoms with van der Waals surface area (Å²) in [5, 5.41) is 4.32. The Hall–Kier alpha value is -2.69. The van der Waals surface area contributed by atoms with Crippen LogP contribution in [0.5, 0.6) is 0 Å². The summed E-state index contributed by atoms with van der Waals surface area (Å²) in [6, 6.07) is 9.89. The first-order valence-corrected chi connectivity index (χ1v) is 5.92. The number of carbonyl (C=O) groups is 1. The number of imidazole rings is 1. The van der Waals surface area contributed by atoms with Gasteiger partial charge < -0.3 is 4.57 Å². The van der Waals surface area contributed by atoms with Crippen molar-refractivity contribution in [2.24, 2.45) is 0 Å². The Morgan fingerprint density at radius 3 is 2.84 bits per heavy atom. The number of para-hydroxylation sites is 1. The number of benzene rings is 1. The topological polar surface area (TPSA) is 52.7 Å². The third-order valence-electron chi connectivity index (χ3n) is 2.86. The smallest absolute Gasteiger partial charge is 0.185 e. The number of aromatic nitrogens is 4. The van der Waals surface area contributed by atoms with Crippen molar-refractivity contribution >= 4 is 6.29 Å². The third-order valence-corrected chi connectivity index (χ3v) is 2.86. The zero-order valence-electron chi connectivity index (χ0n) is 10.2. The average Bonchev–Trinajstić information content (AvgIpc) is 3.09. The lowest BCUT2D eigenvalue weighted by Crippen LogP contribution is -2.02. The maximum atomic E-state index is 10.8. The molecule has 0 amide bonds. The Morgan fingerprint density at radius 2 is 2.05 bits per heavy atom. The van der Waals surface area contributed by atoms with E-state index in [0.29, 0.717) is 12.4 Å². The highest BCUT2D eigenvalue weighted by Crippen LogP contribution is 2.09. The zero-order valence-corrected chi connectivity index (χ0v) is 10.2. The van der Waals surface area contributed by atoms with Crippen molar-refractivity contribution in [2.75, 3.05) is 0 Å². The van der Waals surface area contributed by atoms with Gasteiger partial charge in [-0.15, -0.1) is 0 Å². The quantitative estimate of drug-likeness (QED) is 0.667. The number of aldehydes is 1. The molecule has 94 valence electrons. The highest BCUT2D eigenvalue weighted by molar-refractivity contribution is 5.69. The summed E-state index contributed by atoms with van der Waals surface area (Å²) in [5.41, 5.74) is 2.03. The Kier molecular flexibility index (Phi) is 2.94. The Morgan fingerprint density at radius 1 is 1.21 bits per heavy atom. The molecule has 1 aromatic carbocycles. The molecular formula is C14H12N4O. The van der Waals surface area contributed by atoms with Crippen LogP contribution in [0.2, 0.25) is 0 Å². The Balaban J connectivity index is 1.84. The predicted octanol–water partition coefficient (Wildman–Crippen LogP) is 1.93. The van der Waals surface area contributed by atoms with Crippen molar-refractivity contribution in [1.29, 1.82) is 0 Å². The maximum Gasteiger partial charge on any atom is 0.185 e. The van der Waals surface area contributed by atoms with Gasteiger partial charge in [0.05, 0.1) is 18.4 Å². The van der Waals surface area contributed by atoms with Crippen molar-refractivity contribution in [3.63, 3.8) is 0 Å². The third kappa shape index (κ3) is 2.30. The van der Waals surface area contributed by atoms with Crippen LogP contribution in [0.4, 0.5) is 0 Å². The maximum absolute atomic E-state index is 10.8. The summed E-state index contributed by atoms with van der Waals surface area (Å²) < 4.78 is 3.60. The molecule has 0 saturated heterocycles. The molecular weight excluding hydrogens is 240 g/mol. The fraction of sp³-hybridized carbons (Fsp3) is 0.0714. The van der Waals surface area contributed by atoms with Gasteiger partial charge in [-0.25, -0.2) is 9.67 Å². The number of rotatable bonds is 4. The zero-order chi connectivity index (χ0) is 13.1.